The van der Waals surface area contributed by atoms with Crippen molar-refractivity contribution in [3.63, 3.8) is 0 Å². The highest BCUT2D eigenvalue weighted by molar-refractivity contribution is 7.80. The van der Waals surface area contributed by atoms with Crippen molar-refractivity contribution >= 4 is 34.3 Å². The lowest BCUT2D eigenvalue weighted by Gasteiger charge is -2.17. The molecule has 1 heterocycles. The summed E-state index contributed by atoms with van der Waals surface area (Å²) >= 11 is 5.20. The van der Waals surface area contributed by atoms with Crippen molar-refractivity contribution in [1.82, 2.24) is 31.2 Å². The highest BCUT2D eigenvalue weighted by atomic mass is 32.1. The zero-order chi connectivity index (χ0) is 18.1. The molecule has 1 amide bonds. The number of hydrazine groups is 1. The second kappa shape index (κ2) is 9.93. The Labute approximate surface area is 153 Å². The third kappa shape index (κ3) is 5.97. The maximum Gasteiger partial charge on any atom is 0.260 e. The van der Waals surface area contributed by atoms with E-state index in [2.05, 4.69) is 40.3 Å². The van der Waals surface area contributed by atoms with Crippen molar-refractivity contribution in [3.05, 3.63) is 24.3 Å². The summed E-state index contributed by atoms with van der Waals surface area (Å²) < 4.78 is 1.56. The monoisotopic (exact) mass is 362 g/mol. The van der Waals surface area contributed by atoms with Crippen molar-refractivity contribution < 1.29 is 4.79 Å². The van der Waals surface area contributed by atoms with Crippen LogP contribution in [0.25, 0.3) is 11.0 Å². The Morgan fingerprint density at radius 1 is 1.28 bits per heavy atom. The quantitative estimate of drug-likeness (QED) is 0.493. The molecule has 0 fully saturated rings. The van der Waals surface area contributed by atoms with Crippen LogP contribution >= 0.6 is 12.2 Å². The number of nitrogens with zero attached hydrogens (tertiary/aromatic N) is 3. The standard InChI is InChI=1S/C17H26N6OS/c1-3-5-8-13(4-2)11-18-17(25)21-20-16(24)12-23-15-10-7-6-9-14(15)19-22-23/h6-7,9-10,13H,3-5,8,11-12H2,1-2H3,(H,20,24)(H2,18,21,25)/t13-/m0/s1. The summed E-state index contributed by atoms with van der Waals surface area (Å²) in [6.07, 6.45) is 4.73. The average Bonchev–Trinajstić information content (AvgIpc) is 3.03. The molecule has 25 heavy (non-hydrogen) atoms. The Morgan fingerprint density at radius 2 is 2.08 bits per heavy atom. The highest BCUT2D eigenvalue weighted by Gasteiger charge is 2.09. The minimum Gasteiger partial charge on any atom is -0.361 e. The van der Waals surface area contributed by atoms with Gasteiger partial charge in [0.1, 0.15) is 12.1 Å². The molecule has 136 valence electrons. The zero-order valence-corrected chi connectivity index (χ0v) is 15.6. The molecule has 0 aliphatic rings. The van der Waals surface area contributed by atoms with E-state index in [1.54, 1.807) is 4.68 Å². The molecule has 0 aliphatic carbocycles. The molecule has 0 saturated heterocycles. The van der Waals surface area contributed by atoms with Gasteiger partial charge in [0.15, 0.2) is 5.11 Å². The predicted octanol–water partition coefficient (Wildman–Crippen LogP) is 2.14. The number of hydrogen-bond acceptors (Lipinski definition) is 4. The van der Waals surface area contributed by atoms with E-state index in [-0.39, 0.29) is 12.5 Å². The number of carbonyl (C=O) groups excluding carboxylic acids is 1. The normalized spacial score (nSPS) is 11.9. The van der Waals surface area contributed by atoms with E-state index in [1.807, 2.05) is 24.3 Å². The largest absolute Gasteiger partial charge is 0.361 e. The van der Waals surface area contributed by atoms with Crippen molar-refractivity contribution in [2.75, 3.05) is 6.54 Å². The van der Waals surface area contributed by atoms with Crippen LogP contribution in [-0.4, -0.2) is 32.6 Å². The first-order valence-corrected chi connectivity index (χ1v) is 9.15. The summed E-state index contributed by atoms with van der Waals surface area (Å²) in [6.45, 7) is 5.26. The first kappa shape index (κ1) is 19.1. The smallest absolute Gasteiger partial charge is 0.260 e. The Balaban J connectivity index is 1.73. The molecule has 0 spiro atoms. The first-order valence-electron chi connectivity index (χ1n) is 8.75. The number of fused-ring (bicyclic) bond motifs is 1. The zero-order valence-electron chi connectivity index (χ0n) is 14.8. The summed E-state index contributed by atoms with van der Waals surface area (Å²) in [7, 11) is 0. The lowest BCUT2D eigenvalue weighted by Crippen LogP contribution is -2.48. The molecule has 8 heteroatoms. The van der Waals surface area contributed by atoms with E-state index < -0.39 is 0 Å². The van der Waals surface area contributed by atoms with Gasteiger partial charge < -0.3 is 5.32 Å². The van der Waals surface area contributed by atoms with Gasteiger partial charge in [0.05, 0.1) is 5.52 Å². The van der Waals surface area contributed by atoms with Gasteiger partial charge in [-0.25, -0.2) is 4.68 Å². The number of carbonyl (C=O) groups is 1. The first-order chi connectivity index (χ1) is 12.1. The molecule has 1 aromatic heterocycles. The topological polar surface area (TPSA) is 83.9 Å². The number of unbranched alkanes of at least 4 members (excludes halogenated alkanes) is 1. The van der Waals surface area contributed by atoms with E-state index in [9.17, 15) is 4.79 Å². The fourth-order valence-corrected chi connectivity index (χ4v) is 2.70. The summed E-state index contributed by atoms with van der Waals surface area (Å²) in [5, 5.41) is 11.6. The van der Waals surface area contributed by atoms with Gasteiger partial charge in [-0.05, 0) is 36.7 Å². The number of amides is 1. The number of thiocarbonyl (C=S) groups is 1. The van der Waals surface area contributed by atoms with Gasteiger partial charge in [0.25, 0.3) is 5.91 Å². The molecule has 1 atom stereocenters. The minimum absolute atomic E-state index is 0.0736. The van der Waals surface area contributed by atoms with Crippen LogP contribution < -0.4 is 16.2 Å². The summed E-state index contributed by atoms with van der Waals surface area (Å²) in [5.74, 6) is 0.356. The number of nitrogens with one attached hydrogen (secondary N) is 3. The van der Waals surface area contributed by atoms with Gasteiger partial charge in [-0.2, -0.15) is 0 Å². The van der Waals surface area contributed by atoms with Gasteiger partial charge in [0.2, 0.25) is 0 Å². The summed E-state index contributed by atoms with van der Waals surface area (Å²) in [6, 6.07) is 7.51. The number of benzene rings is 1. The van der Waals surface area contributed by atoms with Crippen LogP contribution in [-0.2, 0) is 11.3 Å². The van der Waals surface area contributed by atoms with E-state index in [4.69, 9.17) is 12.2 Å². The third-order valence-corrected chi connectivity index (χ3v) is 4.37. The molecule has 3 N–H and O–H groups in total. The van der Waals surface area contributed by atoms with Gasteiger partial charge in [0, 0.05) is 6.54 Å². The average molecular weight is 363 g/mol. The van der Waals surface area contributed by atoms with Gasteiger partial charge in [-0.3, -0.25) is 15.6 Å². The van der Waals surface area contributed by atoms with Gasteiger partial charge >= 0.3 is 0 Å². The number of rotatable bonds is 8. The molecule has 0 radical (unpaired) electrons. The molecule has 7 nitrogen and oxygen atoms in total. The number of para-hydroxylation sites is 1. The van der Waals surface area contributed by atoms with Crippen LogP contribution in [0.3, 0.4) is 0 Å². The van der Waals surface area contributed by atoms with E-state index >= 15 is 0 Å². The van der Waals surface area contributed by atoms with Crippen LogP contribution in [0.15, 0.2) is 24.3 Å². The fourth-order valence-electron chi connectivity index (χ4n) is 2.56. The van der Waals surface area contributed by atoms with E-state index in [1.165, 1.54) is 19.3 Å². The third-order valence-electron chi connectivity index (χ3n) is 4.12. The molecule has 0 saturated carbocycles. The van der Waals surface area contributed by atoms with Crippen LogP contribution in [0.1, 0.15) is 39.5 Å². The number of hydrogen-bond donors (Lipinski definition) is 3. The van der Waals surface area contributed by atoms with Crippen LogP contribution in [0.5, 0.6) is 0 Å². The minimum atomic E-state index is -0.238. The SMILES string of the molecule is CCCC[C@H](CC)CNC(=S)NNC(=O)Cn1nnc2ccccc21. The summed E-state index contributed by atoms with van der Waals surface area (Å²) in [5.41, 5.74) is 6.91. The molecule has 2 aromatic rings. The van der Waals surface area contributed by atoms with E-state index in [0.29, 0.717) is 11.0 Å². The van der Waals surface area contributed by atoms with Crippen molar-refractivity contribution in [2.24, 2.45) is 5.92 Å². The van der Waals surface area contributed by atoms with Gasteiger partial charge in [-0.15, -0.1) is 5.10 Å². The predicted molar refractivity (Wildman–Crippen MR) is 103 cm³/mol. The maximum absolute atomic E-state index is 12.0. The Hall–Kier alpha value is -2.22. The maximum atomic E-state index is 12.0. The highest BCUT2D eigenvalue weighted by Crippen LogP contribution is 2.11. The van der Waals surface area contributed by atoms with Crippen molar-refractivity contribution in [1.29, 1.82) is 0 Å². The molecule has 0 aliphatic heterocycles. The molecular formula is C17H26N6OS. The van der Waals surface area contributed by atoms with Crippen molar-refractivity contribution in [2.45, 2.75) is 46.1 Å². The molecular weight excluding hydrogens is 336 g/mol. The number of aromatic nitrogens is 3. The molecule has 0 unspecified atom stereocenters. The van der Waals surface area contributed by atoms with Crippen LogP contribution in [0.2, 0.25) is 0 Å². The van der Waals surface area contributed by atoms with Crippen LogP contribution in [0, 0.1) is 5.92 Å². The lowest BCUT2D eigenvalue weighted by molar-refractivity contribution is -0.122. The molecule has 1 aromatic carbocycles. The Bertz CT molecular complexity index is 701. The van der Waals surface area contributed by atoms with E-state index in [0.717, 1.165) is 24.0 Å². The molecule has 2 rings (SSSR count). The van der Waals surface area contributed by atoms with Crippen LogP contribution in [0.4, 0.5) is 0 Å². The van der Waals surface area contributed by atoms with Gasteiger partial charge in [-0.1, -0.05) is 50.5 Å². The lowest BCUT2D eigenvalue weighted by atomic mass is 9.99. The molecule has 0 bridgehead atoms. The summed E-state index contributed by atoms with van der Waals surface area (Å²) in [4.78, 5) is 12.0. The van der Waals surface area contributed by atoms with Crippen molar-refractivity contribution in [3.8, 4) is 0 Å². The Morgan fingerprint density at radius 3 is 2.84 bits per heavy atom. The second-order valence-corrected chi connectivity index (χ2v) is 6.44. The second-order valence-electron chi connectivity index (χ2n) is 6.04. The fraction of sp³-hybridized carbons (Fsp3) is 0.529. The Kier molecular flexibility index (Phi) is 7.59.